The fraction of sp³-hybridized carbons (Fsp3) is 0.450. The van der Waals surface area contributed by atoms with Crippen LogP contribution in [0.4, 0.5) is 0 Å². The number of furan rings is 1. The summed E-state index contributed by atoms with van der Waals surface area (Å²) in [6, 6.07) is 5.66. The van der Waals surface area contributed by atoms with Gasteiger partial charge in [0.25, 0.3) is 5.91 Å². The number of hydrogen-bond donors (Lipinski definition) is 1. The van der Waals surface area contributed by atoms with Gasteiger partial charge in [0.2, 0.25) is 0 Å². The van der Waals surface area contributed by atoms with Crippen LogP contribution in [-0.4, -0.2) is 19.1 Å². The number of nitrogens with one attached hydrogen (secondary N) is 1. The van der Waals surface area contributed by atoms with E-state index in [1.807, 2.05) is 32.0 Å². The Morgan fingerprint density at radius 1 is 1.33 bits per heavy atom. The molecule has 0 unspecified atom stereocenters. The number of allylic oxidation sites excluding steroid dienone is 1. The molecular formula is C20H25NO3. The zero-order chi connectivity index (χ0) is 16.9. The Morgan fingerprint density at radius 3 is 2.96 bits per heavy atom. The van der Waals surface area contributed by atoms with Gasteiger partial charge in [0.15, 0.2) is 5.76 Å². The minimum atomic E-state index is -0.141. The van der Waals surface area contributed by atoms with Crippen molar-refractivity contribution >= 4 is 16.9 Å². The highest BCUT2D eigenvalue weighted by Crippen LogP contribution is 2.29. The summed E-state index contributed by atoms with van der Waals surface area (Å²) in [7, 11) is 0. The third-order valence-electron chi connectivity index (χ3n) is 4.54. The van der Waals surface area contributed by atoms with E-state index in [9.17, 15) is 4.79 Å². The molecule has 2 aromatic rings. The molecule has 0 atom stereocenters. The lowest BCUT2D eigenvalue weighted by Gasteiger charge is -2.12. The quantitative estimate of drug-likeness (QED) is 0.778. The summed E-state index contributed by atoms with van der Waals surface area (Å²) in [6.07, 6.45) is 8.15. The zero-order valence-electron chi connectivity index (χ0n) is 14.5. The van der Waals surface area contributed by atoms with Crippen LogP contribution >= 0.6 is 0 Å². The topological polar surface area (TPSA) is 51.5 Å². The minimum absolute atomic E-state index is 0.141. The van der Waals surface area contributed by atoms with Gasteiger partial charge in [-0.1, -0.05) is 11.6 Å². The summed E-state index contributed by atoms with van der Waals surface area (Å²) >= 11 is 0. The van der Waals surface area contributed by atoms with E-state index in [4.69, 9.17) is 9.15 Å². The van der Waals surface area contributed by atoms with Gasteiger partial charge in [-0.3, -0.25) is 4.79 Å². The second-order valence-electron chi connectivity index (χ2n) is 6.26. The van der Waals surface area contributed by atoms with Crippen LogP contribution in [0.3, 0.4) is 0 Å². The van der Waals surface area contributed by atoms with Crippen molar-refractivity contribution in [2.24, 2.45) is 0 Å². The largest absolute Gasteiger partial charge is 0.494 e. The van der Waals surface area contributed by atoms with Gasteiger partial charge in [-0.2, -0.15) is 0 Å². The van der Waals surface area contributed by atoms with Crippen molar-refractivity contribution in [2.75, 3.05) is 13.2 Å². The summed E-state index contributed by atoms with van der Waals surface area (Å²) in [4.78, 5) is 12.4. The van der Waals surface area contributed by atoms with Gasteiger partial charge in [0, 0.05) is 17.5 Å². The van der Waals surface area contributed by atoms with Gasteiger partial charge in [-0.05, 0) is 64.2 Å². The number of hydrogen-bond acceptors (Lipinski definition) is 3. The Morgan fingerprint density at radius 2 is 2.21 bits per heavy atom. The average Bonchev–Trinajstić information content (AvgIpc) is 2.93. The van der Waals surface area contributed by atoms with Crippen molar-refractivity contribution in [3.8, 4) is 5.75 Å². The second-order valence-corrected chi connectivity index (χ2v) is 6.26. The van der Waals surface area contributed by atoms with Gasteiger partial charge < -0.3 is 14.5 Å². The van der Waals surface area contributed by atoms with Crippen LogP contribution in [0.15, 0.2) is 34.3 Å². The van der Waals surface area contributed by atoms with Gasteiger partial charge in [0.05, 0.1) is 6.61 Å². The van der Waals surface area contributed by atoms with E-state index in [0.29, 0.717) is 18.9 Å². The van der Waals surface area contributed by atoms with Crippen LogP contribution in [0, 0.1) is 6.92 Å². The number of benzene rings is 1. The molecule has 128 valence electrons. The normalized spacial score (nSPS) is 14.5. The van der Waals surface area contributed by atoms with Crippen molar-refractivity contribution in [1.29, 1.82) is 0 Å². The van der Waals surface area contributed by atoms with E-state index in [1.165, 1.54) is 31.3 Å². The van der Waals surface area contributed by atoms with Crippen LogP contribution in [0.25, 0.3) is 11.0 Å². The van der Waals surface area contributed by atoms with E-state index in [1.54, 1.807) is 0 Å². The van der Waals surface area contributed by atoms with Crippen LogP contribution in [0.1, 0.15) is 55.1 Å². The Hall–Kier alpha value is -2.23. The first-order chi connectivity index (χ1) is 11.7. The number of carbonyl (C=O) groups excluding carboxylic acids is 1. The molecule has 0 fully saturated rings. The van der Waals surface area contributed by atoms with Crippen LogP contribution < -0.4 is 10.1 Å². The molecule has 1 amide bonds. The second kappa shape index (κ2) is 7.56. The van der Waals surface area contributed by atoms with E-state index >= 15 is 0 Å². The first-order valence-electron chi connectivity index (χ1n) is 8.81. The van der Waals surface area contributed by atoms with Crippen molar-refractivity contribution in [1.82, 2.24) is 5.32 Å². The van der Waals surface area contributed by atoms with Gasteiger partial charge >= 0.3 is 0 Å². The Kier molecular flexibility index (Phi) is 5.24. The average molecular weight is 327 g/mol. The molecule has 0 radical (unpaired) electrons. The molecule has 1 aliphatic carbocycles. The van der Waals surface area contributed by atoms with Crippen molar-refractivity contribution in [3.05, 3.63) is 41.2 Å². The highest BCUT2D eigenvalue weighted by atomic mass is 16.5. The lowest BCUT2D eigenvalue weighted by Crippen LogP contribution is -2.25. The van der Waals surface area contributed by atoms with Crippen LogP contribution in [0.5, 0.6) is 5.75 Å². The lowest BCUT2D eigenvalue weighted by atomic mass is 9.97. The number of amides is 1. The molecule has 1 aromatic carbocycles. The number of ether oxygens (including phenoxy) is 1. The predicted octanol–water partition coefficient (Wildman–Crippen LogP) is 4.76. The fourth-order valence-corrected chi connectivity index (χ4v) is 3.22. The molecule has 4 nitrogen and oxygen atoms in total. The van der Waals surface area contributed by atoms with Crippen LogP contribution in [0.2, 0.25) is 0 Å². The molecule has 0 aliphatic heterocycles. The van der Waals surface area contributed by atoms with Gasteiger partial charge in [0.1, 0.15) is 11.3 Å². The van der Waals surface area contributed by atoms with E-state index in [2.05, 4.69) is 11.4 Å². The van der Waals surface area contributed by atoms with Crippen molar-refractivity contribution < 1.29 is 13.9 Å². The van der Waals surface area contributed by atoms with E-state index < -0.39 is 0 Å². The van der Waals surface area contributed by atoms with Crippen molar-refractivity contribution in [3.63, 3.8) is 0 Å². The fourth-order valence-electron chi connectivity index (χ4n) is 3.22. The minimum Gasteiger partial charge on any atom is -0.494 e. The Labute approximate surface area is 142 Å². The highest BCUT2D eigenvalue weighted by molar-refractivity contribution is 5.99. The number of rotatable bonds is 6. The number of fused-ring (bicyclic) bond motifs is 1. The molecule has 1 aliphatic rings. The summed E-state index contributed by atoms with van der Waals surface area (Å²) < 4.78 is 11.3. The van der Waals surface area contributed by atoms with Crippen LogP contribution in [-0.2, 0) is 0 Å². The third kappa shape index (κ3) is 3.64. The summed E-state index contributed by atoms with van der Waals surface area (Å²) in [5, 5.41) is 3.91. The van der Waals surface area contributed by atoms with Gasteiger partial charge in [-0.25, -0.2) is 0 Å². The zero-order valence-corrected chi connectivity index (χ0v) is 14.5. The molecule has 3 rings (SSSR count). The Balaban J connectivity index is 1.67. The van der Waals surface area contributed by atoms with Crippen molar-refractivity contribution in [2.45, 2.75) is 46.0 Å². The summed E-state index contributed by atoms with van der Waals surface area (Å²) in [6.45, 7) is 5.14. The van der Waals surface area contributed by atoms with E-state index in [0.717, 1.165) is 28.7 Å². The molecule has 0 saturated heterocycles. The molecule has 4 heteroatoms. The summed E-state index contributed by atoms with van der Waals surface area (Å²) in [5.41, 5.74) is 3.04. The standard InChI is InChI=1S/C20H25NO3/c1-3-23-16-9-10-18-17(13-16)14(2)19(24-18)20(22)21-12-11-15-7-5-4-6-8-15/h7,9-10,13H,3-6,8,11-12H2,1-2H3,(H,21,22). The molecule has 1 aromatic heterocycles. The SMILES string of the molecule is CCOc1ccc2oc(C(=O)NCCC3=CCCCC3)c(C)c2c1. The molecule has 1 heterocycles. The van der Waals surface area contributed by atoms with E-state index in [-0.39, 0.29) is 5.91 Å². The first kappa shape index (κ1) is 16.6. The molecular weight excluding hydrogens is 302 g/mol. The molecule has 0 bridgehead atoms. The maximum atomic E-state index is 12.4. The smallest absolute Gasteiger partial charge is 0.287 e. The monoisotopic (exact) mass is 327 g/mol. The molecule has 0 spiro atoms. The third-order valence-corrected chi connectivity index (χ3v) is 4.54. The summed E-state index contributed by atoms with van der Waals surface area (Å²) in [5.74, 6) is 1.06. The van der Waals surface area contributed by atoms with Gasteiger partial charge in [-0.15, -0.1) is 0 Å². The number of aryl methyl sites for hydroxylation is 1. The number of carbonyl (C=O) groups is 1. The first-order valence-corrected chi connectivity index (χ1v) is 8.81. The highest BCUT2D eigenvalue weighted by Gasteiger charge is 2.18. The molecule has 24 heavy (non-hydrogen) atoms. The lowest BCUT2D eigenvalue weighted by molar-refractivity contribution is 0.0927. The maximum Gasteiger partial charge on any atom is 0.287 e. The Bertz CT molecular complexity index is 758. The predicted molar refractivity (Wildman–Crippen MR) is 95.6 cm³/mol. The molecule has 1 N–H and O–H groups in total. The molecule has 0 saturated carbocycles. The maximum absolute atomic E-state index is 12.4.